The van der Waals surface area contributed by atoms with Crippen LogP contribution >= 0.6 is 0 Å². The van der Waals surface area contributed by atoms with Crippen LogP contribution in [0.15, 0.2) is 52.4 Å². The molecular formula is C36H54N10O3S. The number of benzene rings is 2. The number of amides is 1. The van der Waals surface area contributed by atoms with E-state index in [2.05, 4.69) is 76.1 Å². The van der Waals surface area contributed by atoms with E-state index in [0.717, 1.165) is 88.1 Å². The van der Waals surface area contributed by atoms with Crippen LogP contribution in [0.5, 0.6) is 0 Å². The maximum atomic E-state index is 13.4. The Morgan fingerprint density at radius 3 is 2.32 bits per heavy atom. The summed E-state index contributed by atoms with van der Waals surface area (Å²) in [6.07, 6.45) is 5.95. The highest BCUT2D eigenvalue weighted by Gasteiger charge is 2.27. The van der Waals surface area contributed by atoms with Crippen molar-refractivity contribution in [1.82, 2.24) is 24.3 Å². The fraction of sp³-hybridized carbons (Fsp3) is 0.556. The first kappa shape index (κ1) is 37.3. The maximum absolute atomic E-state index is 13.4. The van der Waals surface area contributed by atoms with Crippen molar-refractivity contribution in [3.63, 3.8) is 0 Å². The number of hydrogen-bond donors (Lipinski definition) is 3. The smallest absolute Gasteiger partial charge is 0.207 e. The van der Waals surface area contributed by atoms with Gasteiger partial charge in [0.25, 0.3) is 0 Å². The predicted octanol–water partition coefficient (Wildman–Crippen LogP) is 2.84. The lowest BCUT2D eigenvalue weighted by atomic mass is 9.95. The third-order valence-electron chi connectivity index (χ3n) is 9.86. The van der Waals surface area contributed by atoms with E-state index in [1.807, 2.05) is 31.8 Å². The van der Waals surface area contributed by atoms with Gasteiger partial charge >= 0.3 is 0 Å². The van der Waals surface area contributed by atoms with Gasteiger partial charge in [-0.05, 0) is 74.9 Å². The number of anilines is 3. The quantitative estimate of drug-likeness (QED) is 0.112. The number of piperidine rings is 2. The summed E-state index contributed by atoms with van der Waals surface area (Å²) in [6, 6.07) is 15.4. The molecular weight excluding hydrogens is 653 g/mol. The van der Waals surface area contributed by atoms with Gasteiger partial charge in [0.05, 0.1) is 22.3 Å². The molecule has 272 valence electrons. The van der Waals surface area contributed by atoms with Gasteiger partial charge in [0.1, 0.15) is 17.3 Å². The van der Waals surface area contributed by atoms with Gasteiger partial charge in [-0.3, -0.25) is 19.4 Å². The van der Waals surface area contributed by atoms with Crippen molar-refractivity contribution in [2.75, 3.05) is 87.6 Å². The number of piperazine rings is 1. The number of aromatic nitrogens is 2. The van der Waals surface area contributed by atoms with E-state index in [0.29, 0.717) is 25.2 Å². The summed E-state index contributed by atoms with van der Waals surface area (Å²) < 4.78 is 17.4. The van der Waals surface area contributed by atoms with Crippen LogP contribution in [-0.4, -0.2) is 120 Å². The van der Waals surface area contributed by atoms with Crippen LogP contribution in [0.1, 0.15) is 39.0 Å². The van der Waals surface area contributed by atoms with Gasteiger partial charge in [0.2, 0.25) is 6.41 Å². The zero-order valence-electron chi connectivity index (χ0n) is 29.8. The molecule has 3 saturated heterocycles. The molecule has 3 aliphatic heterocycles. The Morgan fingerprint density at radius 1 is 0.960 bits per heavy atom. The summed E-state index contributed by atoms with van der Waals surface area (Å²) in [6.45, 7) is 11.5. The molecule has 0 bridgehead atoms. The van der Waals surface area contributed by atoms with Gasteiger partial charge in [0, 0.05) is 103 Å². The first-order chi connectivity index (χ1) is 24.3. The minimum atomic E-state index is -1.14. The van der Waals surface area contributed by atoms with Crippen LogP contribution in [-0.2, 0) is 27.6 Å². The van der Waals surface area contributed by atoms with Crippen molar-refractivity contribution in [1.29, 1.82) is 0 Å². The average Bonchev–Trinajstić information content (AvgIpc) is 3.47. The van der Waals surface area contributed by atoms with Gasteiger partial charge in [0.15, 0.2) is 5.82 Å². The van der Waals surface area contributed by atoms with E-state index >= 15 is 0 Å². The molecule has 3 aliphatic rings. The molecule has 14 heteroatoms. The lowest BCUT2D eigenvalue weighted by Gasteiger charge is -2.40. The molecule has 1 unspecified atom stereocenters. The van der Waals surface area contributed by atoms with Crippen LogP contribution in [0.3, 0.4) is 0 Å². The van der Waals surface area contributed by atoms with Crippen molar-refractivity contribution in [3.05, 3.63) is 42.5 Å². The minimum Gasteiger partial charge on any atom is -0.388 e. The number of carbonyl (C=O) groups is 2. The number of amidine groups is 1. The van der Waals surface area contributed by atoms with Crippen molar-refractivity contribution in [2.45, 2.75) is 50.0 Å². The van der Waals surface area contributed by atoms with Gasteiger partial charge in [-0.25, -0.2) is 8.51 Å². The Balaban J connectivity index is 0.000000630. The number of aldehydes is 1. The molecule has 2 aromatic carbocycles. The van der Waals surface area contributed by atoms with Crippen molar-refractivity contribution < 1.29 is 13.8 Å². The first-order valence-corrected chi connectivity index (χ1v) is 18.9. The summed E-state index contributed by atoms with van der Waals surface area (Å²) >= 11 is 0. The van der Waals surface area contributed by atoms with Crippen LogP contribution < -0.4 is 26.2 Å². The van der Waals surface area contributed by atoms with E-state index in [4.69, 9.17) is 5.73 Å². The predicted molar refractivity (Wildman–Crippen MR) is 203 cm³/mol. The molecule has 0 spiro atoms. The highest BCUT2D eigenvalue weighted by atomic mass is 32.2. The SMILES string of the molecule is CNc1nn(C)c2cc(N3CCN(CC4CCN(c5cccc(S(=O)N6CCC(N=C(C)N)CC6)c5)CC4)CC3)ccc12.O=CCCNC=O. The molecule has 1 aromatic heterocycles. The van der Waals surface area contributed by atoms with Crippen LogP contribution in [0.2, 0.25) is 0 Å². The van der Waals surface area contributed by atoms with E-state index < -0.39 is 11.0 Å². The van der Waals surface area contributed by atoms with Gasteiger partial charge < -0.3 is 31.0 Å². The number of carbonyl (C=O) groups excluding carboxylic acids is 2. The summed E-state index contributed by atoms with van der Waals surface area (Å²) in [5.41, 5.74) is 9.41. The highest BCUT2D eigenvalue weighted by Crippen LogP contribution is 2.29. The van der Waals surface area contributed by atoms with E-state index in [9.17, 15) is 13.8 Å². The maximum Gasteiger partial charge on any atom is 0.207 e. The standard InChI is InChI=1S/C32H47N9OS.C4H7NO2/c1-24(33)35-26-11-15-41(16-12-26)43(42)29-6-4-5-27(21-29)39-13-9-25(10-14-39)23-38-17-19-40(20-18-38)28-7-8-30-31(22-28)37(3)36-32(30)34-2;6-3-1-2-5-4-7/h4-8,21-22,25-26H,9-20,23H2,1-3H3,(H2,33,35)(H,34,36);3-4H,1-2H2,(H,5,7). The molecule has 3 aromatic rings. The molecule has 1 amide bonds. The number of nitrogens with two attached hydrogens (primary N) is 1. The van der Waals surface area contributed by atoms with E-state index in [1.165, 1.54) is 41.7 Å². The summed E-state index contributed by atoms with van der Waals surface area (Å²) in [7, 11) is 2.80. The molecule has 50 heavy (non-hydrogen) atoms. The first-order valence-electron chi connectivity index (χ1n) is 17.8. The van der Waals surface area contributed by atoms with Crippen molar-refractivity contribution >= 4 is 57.6 Å². The van der Waals surface area contributed by atoms with Gasteiger partial charge in [-0.15, -0.1) is 0 Å². The number of nitrogens with one attached hydrogen (secondary N) is 2. The highest BCUT2D eigenvalue weighted by molar-refractivity contribution is 7.82. The zero-order chi connectivity index (χ0) is 35.5. The molecule has 0 saturated carbocycles. The Labute approximate surface area is 298 Å². The topological polar surface area (TPSA) is 144 Å². The normalized spacial score (nSPS) is 19.1. The molecule has 3 fully saturated rings. The number of fused-ring (bicyclic) bond motifs is 1. The van der Waals surface area contributed by atoms with Crippen molar-refractivity contribution in [3.8, 4) is 0 Å². The number of nitrogens with zero attached hydrogens (tertiary/aromatic N) is 7. The number of hydrogen-bond acceptors (Lipinski definition) is 9. The van der Waals surface area contributed by atoms with E-state index in [-0.39, 0.29) is 6.04 Å². The van der Waals surface area contributed by atoms with Gasteiger partial charge in [-0.1, -0.05) is 6.07 Å². The molecule has 4 heterocycles. The Kier molecular flexibility index (Phi) is 13.6. The number of aryl methyl sites for hydroxylation is 1. The second kappa shape index (κ2) is 18.3. The third-order valence-corrected chi connectivity index (χ3v) is 11.4. The molecule has 0 radical (unpaired) electrons. The zero-order valence-corrected chi connectivity index (χ0v) is 30.6. The van der Waals surface area contributed by atoms with Crippen LogP contribution in [0.25, 0.3) is 10.9 Å². The van der Waals surface area contributed by atoms with Gasteiger partial charge in [-0.2, -0.15) is 5.10 Å². The van der Waals surface area contributed by atoms with Crippen molar-refractivity contribution in [2.24, 2.45) is 23.7 Å². The Morgan fingerprint density at radius 2 is 1.66 bits per heavy atom. The molecule has 13 nitrogen and oxygen atoms in total. The summed E-state index contributed by atoms with van der Waals surface area (Å²) in [5.74, 6) is 2.30. The summed E-state index contributed by atoms with van der Waals surface area (Å²) in [5, 5.41) is 11.3. The largest absolute Gasteiger partial charge is 0.388 e. The summed E-state index contributed by atoms with van der Waals surface area (Å²) in [4.78, 5) is 32.0. The second-order valence-electron chi connectivity index (χ2n) is 13.3. The minimum absolute atomic E-state index is 0.254. The molecule has 0 aliphatic carbocycles. The second-order valence-corrected chi connectivity index (χ2v) is 14.8. The average molecular weight is 707 g/mol. The Hall–Kier alpha value is -4.01. The monoisotopic (exact) mass is 706 g/mol. The fourth-order valence-electron chi connectivity index (χ4n) is 7.12. The molecule has 6 rings (SSSR count). The van der Waals surface area contributed by atoms with Crippen LogP contribution in [0.4, 0.5) is 17.2 Å². The van der Waals surface area contributed by atoms with Crippen LogP contribution in [0, 0.1) is 5.92 Å². The molecule has 4 N–H and O–H groups in total. The Bertz CT molecular complexity index is 1590. The third kappa shape index (κ3) is 9.82. The lowest BCUT2D eigenvalue weighted by molar-refractivity contribution is -0.110. The lowest BCUT2D eigenvalue weighted by Crippen LogP contribution is -2.49. The molecule has 1 atom stereocenters. The number of aliphatic imine (C=N–C) groups is 1. The fourth-order valence-corrected chi connectivity index (χ4v) is 8.38. The van der Waals surface area contributed by atoms with E-state index in [1.54, 1.807) is 0 Å². The number of rotatable bonds is 12.